The van der Waals surface area contributed by atoms with Crippen LogP contribution in [0.4, 0.5) is 0 Å². The van der Waals surface area contributed by atoms with Crippen molar-refractivity contribution < 1.29 is 9.90 Å². The van der Waals surface area contributed by atoms with Gasteiger partial charge in [0.25, 0.3) is 0 Å². The third-order valence-electron chi connectivity index (χ3n) is 1.84. The zero-order chi connectivity index (χ0) is 11.1. The summed E-state index contributed by atoms with van der Waals surface area (Å²) in [6.45, 7) is 3.92. The van der Waals surface area contributed by atoms with Crippen molar-refractivity contribution in [3.8, 4) is 0 Å². The highest BCUT2D eigenvalue weighted by Crippen LogP contribution is 1.93. The third kappa shape index (κ3) is 3.90. The van der Waals surface area contributed by atoms with Crippen molar-refractivity contribution in [2.75, 3.05) is 6.54 Å². The number of carboxylic acids is 1. The normalized spacial score (nSPS) is 11.0. The highest BCUT2D eigenvalue weighted by atomic mass is 16.4. The minimum absolute atomic E-state index is 0.503. The molecule has 6 heteroatoms. The smallest absolute Gasteiger partial charge is 0.328 e. The molecule has 15 heavy (non-hydrogen) atoms. The summed E-state index contributed by atoms with van der Waals surface area (Å²) in [5.41, 5.74) is 0. The lowest BCUT2D eigenvalue weighted by atomic mass is 10.4. The van der Waals surface area contributed by atoms with E-state index in [9.17, 15) is 4.79 Å². The molecule has 0 aromatic carbocycles. The van der Waals surface area contributed by atoms with E-state index in [1.165, 1.54) is 0 Å². The zero-order valence-electron chi connectivity index (χ0n) is 8.55. The summed E-state index contributed by atoms with van der Waals surface area (Å²) >= 11 is 0. The molecule has 0 aliphatic rings. The second kappa shape index (κ2) is 5.92. The zero-order valence-corrected chi connectivity index (χ0v) is 8.55. The first-order valence-corrected chi connectivity index (χ1v) is 4.71. The predicted molar refractivity (Wildman–Crippen MR) is 54.2 cm³/mol. The van der Waals surface area contributed by atoms with Crippen LogP contribution in [0.25, 0.3) is 0 Å². The van der Waals surface area contributed by atoms with Crippen LogP contribution < -0.4 is 5.32 Å². The van der Waals surface area contributed by atoms with Gasteiger partial charge in [-0.25, -0.2) is 4.79 Å². The van der Waals surface area contributed by atoms with E-state index in [-0.39, 0.29) is 0 Å². The lowest BCUT2D eigenvalue weighted by Crippen LogP contribution is -2.16. The number of carbonyl (C=O) groups is 1. The molecule has 1 aromatic rings. The monoisotopic (exact) mass is 210 g/mol. The van der Waals surface area contributed by atoms with E-state index in [0.717, 1.165) is 18.4 Å². The van der Waals surface area contributed by atoms with Gasteiger partial charge in [-0.1, -0.05) is 6.08 Å². The Labute approximate surface area is 87.6 Å². The number of aryl methyl sites for hydroxylation is 1. The van der Waals surface area contributed by atoms with Crippen LogP contribution in [0.1, 0.15) is 12.7 Å². The van der Waals surface area contributed by atoms with E-state index in [2.05, 4.69) is 15.5 Å². The molecule has 6 nitrogen and oxygen atoms in total. The Morgan fingerprint density at radius 1 is 1.73 bits per heavy atom. The van der Waals surface area contributed by atoms with Crippen LogP contribution in [0.5, 0.6) is 0 Å². The molecule has 1 aromatic heterocycles. The Kier molecular flexibility index (Phi) is 4.49. The molecular formula is C9H14N4O2. The summed E-state index contributed by atoms with van der Waals surface area (Å²) in [5.74, 6) is -0.0882. The molecule has 0 amide bonds. The van der Waals surface area contributed by atoms with Gasteiger partial charge in [0, 0.05) is 19.2 Å². The second-order valence-electron chi connectivity index (χ2n) is 2.90. The van der Waals surface area contributed by atoms with Gasteiger partial charge in [-0.3, -0.25) is 0 Å². The first-order chi connectivity index (χ1) is 7.24. The minimum atomic E-state index is -0.937. The maximum absolute atomic E-state index is 10.2. The van der Waals surface area contributed by atoms with Crippen molar-refractivity contribution in [1.82, 2.24) is 20.1 Å². The summed E-state index contributed by atoms with van der Waals surface area (Å²) in [4.78, 5) is 10.2. The Bertz CT molecular complexity index is 346. The van der Waals surface area contributed by atoms with Gasteiger partial charge in [0.2, 0.25) is 0 Å². The molecule has 82 valence electrons. The van der Waals surface area contributed by atoms with Crippen LogP contribution in [-0.2, 0) is 17.9 Å². The molecule has 2 N–H and O–H groups in total. The second-order valence-corrected chi connectivity index (χ2v) is 2.90. The summed E-state index contributed by atoms with van der Waals surface area (Å²) in [5, 5.41) is 19.1. The van der Waals surface area contributed by atoms with E-state index in [1.807, 2.05) is 11.5 Å². The molecule has 0 atom stereocenters. The average molecular weight is 210 g/mol. The lowest BCUT2D eigenvalue weighted by molar-refractivity contribution is -0.131. The van der Waals surface area contributed by atoms with Crippen LogP contribution in [-0.4, -0.2) is 32.4 Å². The van der Waals surface area contributed by atoms with Gasteiger partial charge >= 0.3 is 5.97 Å². The Morgan fingerprint density at radius 3 is 3.20 bits per heavy atom. The molecule has 0 bridgehead atoms. The van der Waals surface area contributed by atoms with Gasteiger partial charge in [0.1, 0.15) is 12.2 Å². The SMILES string of the molecule is CCn1cnnc1CNC/C=C/C(=O)O. The first-order valence-electron chi connectivity index (χ1n) is 4.71. The summed E-state index contributed by atoms with van der Waals surface area (Å²) < 4.78 is 1.92. The molecular weight excluding hydrogens is 196 g/mol. The molecule has 1 rings (SSSR count). The summed E-state index contributed by atoms with van der Waals surface area (Å²) in [6.07, 6.45) is 4.33. The summed E-state index contributed by atoms with van der Waals surface area (Å²) in [7, 11) is 0. The fourth-order valence-electron chi connectivity index (χ4n) is 1.11. The molecule has 0 spiro atoms. The van der Waals surface area contributed by atoms with Crippen molar-refractivity contribution in [3.05, 3.63) is 24.3 Å². The number of nitrogens with zero attached hydrogens (tertiary/aromatic N) is 3. The number of hydrogen-bond donors (Lipinski definition) is 2. The van der Waals surface area contributed by atoms with Gasteiger partial charge in [0.05, 0.1) is 6.54 Å². The highest BCUT2D eigenvalue weighted by molar-refractivity contribution is 5.79. The standard InChI is InChI=1S/C9H14N4O2/c1-2-13-7-11-12-8(13)6-10-5-3-4-9(14)15/h3-4,7,10H,2,5-6H2,1H3,(H,14,15)/b4-3+. The fourth-order valence-corrected chi connectivity index (χ4v) is 1.11. The molecule has 0 saturated heterocycles. The quantitative estimate of drug-likeness (QED) is 0.511. The minimum Gasteiger partial charge on any atom is -0.478 e. The fraction of sp³-hybridized carbons (Fsp3) is 0.444. The largest absolute Gasteiger partial charge is 0.478 e. The first kappa shape index (κ1) is 11.4. The molecule has 0 aliphatic carbocycles. The maximum atomic E-state index is 10.2. The van der Waals surface area contributed by atoms with Gasteiger partial charge in [-0.15, -0.1) is 10.2 Å². The van der Waals surface area contributed by atoms with Crippen LogP contribution >= 0.6 is 0 Å². The van der Waals surface area contributed by atoms with Crippen LogP contribution in [0.15, 0.2) is 18.5 Å². The predicted octanol–water partition coefficient (Wildman–Crippen LogP) is 0.0284. The van der Waals surface area contributed by atoms with Crippen molar-refractivity contribution in [2.24, 2.45) is 0 Å². The van der Waals surface area contributed by atoms with Crippen molar-refractivity contribution >= 4 is 5.97 Å². The Hall–Kier alpha value is -1.69. The number of carboxylic acid groups (broad SMARTS) is 1. The number of hydrogen-bond acceptors (Lipinski definition) is 4. The molecule has 0 aliphatic heterocycles. The van der Waals surface area contributed by atoms with E-state index in [0.29, 0.717) is 13.1 Å². The number of rotatable bonds is 6. The number of aromatic nitrogens is 3. The highest BCUT2D eigenvalue weighted by Gasteiger charge is 1.99. The molecule has 0 fully saturated rings. The van der Waals surface area contributed by atoms with E-state index in [1.54, 1.807) is 12.4 Å². The van der Waals surface area contributed by atoms with Gasteiger partial charge < -0.3 is 15.0 Å². The van der Waals surface area contributed by atoms with Crippen LogP contribution in [0.2, 0.25) is 0 Å². The van der Waals surface area contributed by atoms with Crippen molar-refractivity contribution in [1.29, 1.82) is 0 Å². The Balaban J connectivity index is 2.29. The maximum Gasteiger partial charge on any atom is 0.328 e. The molecule has 1 heterocycles. The number of aliphatic carboxylic acids is 1. The van der Waals surface area contributed by atoms with E-state index in [4.69, 9.17) is 5.11 Å². The lowest BCUT2D eigenvalue weighted by Gasteiger charge is -2.02. The van der Waals surface area contributed by atoms with Gasteiger partial charge in [-0.05, 0) is 6.92 Å². The molecule has 0 radical (unpaired) electrons. The van der Waals surface area contributed by atoms with Gasteiger partial charge in [-0.2, -0.15) is 0 Å². The summed E-state index contributed by atoms with van der Waals surface area (Å²) in [6, 6.07) is 0. The van der Waals surface area contributed by atoms with Crippen molar-refractivity contribution in [3.63, 3.8) is 0 Å². The molecule has 0 saturated carbocycles. The number of nitrogens with one attached hydrogen (secondary N) is 1. The topological polar surface area (TPSA) is 80.0 Å². The third-order valence-corrected chi connectivity index (χ3v) is 1.84. The van der Waals surface area contributed by atoms with E-state index < -0.39 is 5.97 Å². The van der Waals surface area contributed by atoms with E-state index >= 15 is 0 Å². The average Bonchev–Trinajstić information content (AvgIpc) is 2.64. The van der Waals surface area contributed by atoms with Crippen molar-refractivity contribution in [2.45, 2.75) is 20.0 Å². The molecule has 0 unspecified atom stereocenters. The Morgan fingerprint density at radius 2 is 2.53 bits per heavy atom. The van der Waals surface area contributed by atoms with Crippen LogP contribution in [0, 0.1) is 0 Å². The van der Waals surface area contributed by atoms with Gasteiger partial charge in [0.15, 0.2) is 0 Å². The van der Waals surface area contributed by atoms with Crippen LogP contribution in [0.3, 0.4) is 0 Å².